The zero-order valence-electron chi connectivity index (χ0n) is 20.4. The lowest BCUT2D eigenvalue weighted by Gasteiger charge is -2.33. The monoisotopic (exact) mass is 513 g/mol. The fraction of sp³-hybridized carbons (Fsp3) is 0.161. The van der Waals surface area contributed by atoms with Crippen LogP contribution in [0.4, 0.5) is 14.5 Å². The van der Waals surface area contributed by atoms with Gasteiger partial charge in [0.2, 0.25) is 0 Å². The molecule has 0 aliphatic carbocycles. The molecule has 192 valence electrons. The number of anilines is 1. The third-order valence-electron chi connectivity index (χ3n) is 6.47. The second-order valence-corrected chi connectivity index (χ2v) is 9.10. The van der Waals surface area contributed by atoms with Gasteiger partial charge in [-0.05, 0) is 65.2 Å². The zero-order valence-corrected chi connectivity index (χ0v) is 20.4. The number of nitrogens with one attached hydrogen (secondary N) is 1. The van der Waals surface area contributed by atoms with Crippen molar-refractivity contribution in [1.29, 1.82) is 0 Å². The largest absolute Gasteiger partial charge is 0.489 e. The van der Waals surface area contributed by atoms with Crippen molar-refractivity contribution in [3.63, 3.8) is 0 Å². The van der Waals surface area contributed by atoms with E-state index < -0.39 is 35.7 Å². The molecule has 1 saturated heterocycles. The molecular weight excluding hydrogens is 488 g/mol. The van der Waals surface area contributed by atoms with Crippen LogP contribution in [-0.4, -0.2) is 11.8 Å². The first-order valence-electron chi connectivity index (χ1n) is 12.2. The molecule has 1 fully saturated rings. The zero-order chi connectivity index (χ0) is 26.5. The molecule has 1 heterocycles. The lowest BCUT2D eigenvalue weighted by atomic mass is 9.84. The van der Waals surface area contributed by atoms with E-state index in [0.29, 0.717) is 29.2 Å². The van der Waals surface area contributed by atoms with E-state index in [1.54, 1.807) is 36.4 Å². The van der Waals surface area contributed by atoms with E-state index in [1.807, 2.05) is 30.3 Å². The first-order chi connectivity index (χ1) is 18.5. The van der Waals surface area contributed by atoms with Crippen LogP contribution in [0.3, 0.4) is 0 Å². The second-order valence-electron chi connectivity index (χ2n) is 9.10. The summed E-state index contributed by atoms with van der Waals surface area (Å²) in [5, 5.41) is 3.21. The SMILES string of the molecule is O=C1C[C@H](c2ccc(F)cc2)OC(=O)[C@H]1C(Nc1ccc(F)cc1)c1ccc(OCc2ccccc2)cc1. The van der Waals surface area contributed by atoms with E-state index in [0.717, 1.165) is 5.56 Å². The number of carbonyl (C=O) groups is 2. The molecule has 7 heteroatoms. The number of benzene rings is 4. The number of rotatable bonds is 8. The highest BCUT2D eigenvalue weighted by Gasteiger charge is 2.43. The van der Waals surface area contributed by atoms with E-state index in [9.17, 15) is 18.4 Å². The molecule has 1 aliphatic rings. The van der Waals surface area contributed by atoms with Gasteiger partial charge in [0.15, 0.2) is 5.78 Å². The molecule has 0 spiro atoms. The number of ketones is 1. The average Bonchev–Trinajstić information content (AvgIpc) is 2.93. The normalized spacial score (nSPS) is 17.9. The third kappa shape index (κ3) is 5.89. The summed E-state index contributed by atoms with van der Waals surface area (Å²) in [5.74, 6) is -2.30. The van der Waals surface area contributed by atoms with Gasteiger partial charge in [-0.3, -0.25) is 9.59 Å². The lowest BCUT2D eigenvalue weighted by Crippen LogP contribution is -2.40. The maximum absolute atomic E-state index is 13.5. The molecule has 4 aromatic rings. The van der Waals surface area contributed by atoms with Gasteiger partial charge in [0, 0.05) is 12.1 Å². The van der Waals surface area contributed by atoms with Crippen molar-refractivity contribution in [2.75, 3.05) is 5.32 Å². The van der Waals surface area contributed by atoms with Gasteiger partial charge < -0.3 is 14.8 Å². The van der Waals surface area contributed by atoms with Crippen LogP contribution in [0.25, 0.3) is 0 Å². The van der Waals surface area contributed by atoms with Crippen LogP contribution in [0.1, 0.15) is 35.3 Å². The Morgan fingerprint density at radius 2 is 1.45 bits per heavy atom. The van der Waals surface area contributed by atoms with Gasteiger partial charge in [-0.1, -0.05) is 54.6 Å². The van der Waals surface area contributed by atoms with Crippen molar-refractivity contribution >= 4 is 17.4 Å². The number of carbonyl (C=O) groups excluding carboxylic acids is 2. The van der Waals surface area contributed by atoms with E-state index in [2.05, 4.69) is 5.32 Å². The molecular formula is C31H25F2NO4. The Hall–Kier alpha value is -4.52. The van der Waals surface area contributed by atoms with Crippen LogP contribution < -0.4 is 10.1 Å². The van der Waals surface area contributed by atoms with Crippen molar-refractivity contribution < 1.29 is 27.8 Å². The van der Waals surface area contributed by atoms with E-state index in [4.69, 9.17) is 9.47 Å². The number of halogens is 2. The van der Waals surface area contributed by atoms with Gasteiger partial charge in [0.05, 0.1) is 6.04 Å². The first kappa shape index (κ1) is 25.1. The van der Waals surface area contributed by atoms with Crippen LogP contribution in [0.5, 0.6) is 5.75 Å². The van der Waals surface area contributed by atoms with Crippen LogP contribution in [0.15, 0.2) is 103 Å². The van der Waals surface area contributed by atoms with Crippen molar-refractivity contribution in [3.8, 4) is 5.75 Å². The van der Waals surface area contributed by atoms with E-state index >= 15 is 0 Å². The van der Waals surface area contributed by atoms with Gasteiger partial charge in [-0.15, -0.1) is 0 Å². The Morgan fingerprint density at radius 1 is 0.816 bits per heavy atom. The smallest absolute Gasteiger partial charge is 0.319 e. The summed E-state index contributed by atoms with van der Waals surface area (Å²) in [6.07, 6.45) is -0.825. The topological polar surface area (TPSA) is 64.6 Å². The second kappa shape index (κ2) is 11.3. The number of Topliss-reactive ketones (excluding diaryl/α,β-unsaturated/α-hetero) is 1. The number of cyclic esters (lactones) is 1. The Bertz CT molecular complexity index is 1370. The predicted molar refractivity (Wildman–Crippen MR) is 138 cm³/mol. The molecule has 1 aliphatic heterocycles. The van der Waals surface area contributed by atoms with E-state index in [1.165, 1.54) is 36.4 Å². The quantitative estimate of drug-likeness (QED) is 0.213. The predicted octanol–water partition coefficient (Wildman–Crippen LogP) is 6.57. The van der Waals surface area contributed by atoms with Gasteiger partial charge in [-0.2, -0.15) is 0 Å². The average molecular weight is 514 g/mol. The highest BCUT2D eigenvalue weighted by Crippen LogP contribution is 2.37. The number of hydrogen-bond donors (Lipinski definition) is 1. The molecule has 0 bridgehead atoms. The van der Waals surface area contributed by atoms with Crippen LogP contribution in [0.2, 0.25) is 0 Å². The molecule has 0 aromatic heterocycles. The molecule has 5 rings (SSSR count). The number of hydrogen-bond acceptors (Lipinski definition) is 5. The van der Waals surface area contributed by atoms with Gasteiger partial charge in [-0.25, -0.2) is 8.78 Å². The van der Waals surface area contributed by atoms with Gasteiger partial charge in [0.25, 0.3) is 0 Å². The highest BCUT2D eigenvalue weighted by molar-refractivity contribution is 6.02. The van der Waals surface area contributed by atoms with Crippen molar-refractivity contribution in [2.24, 2.45) is 5.92 Å². The summed E-state index contributed by atoms with van der Waals surface area (Å²) >= 11 is 0. The van der Waals surface area contributed by atoms with Crippen LogP contribution in [0, 0.1) is 17.6 Å². The molecule has 0 saturated carbocycles. The molecule has 5 nitrogen and oxygen atoms in total. The lowest BCUT2D eigenvalue weighted by molar-refractivity contribution is -0.166. The highest BCUT2D eigenvalue weighted by atomic mass is 19.1. The summed E-state index contributed by atoms with van der Waals surface area (Å²) in [5.41, 5.74) is 2.78. The van der Waals surface area contributed by atoms with Crippen molar-refractivity contribution in [2.45, 2.75) is 25.2 Å². The maximum atomic E-state index is 13.5. The summed E-state index contributed by atoms with van der Waals surface area (Å²) in [6.45, 7) is 0.398. The maximum Gasteiger partial charge on any atom is 0.319 e. The first-order valence-corrected chi connectivity index (χ1v) is 12.2. The molecule has 0 radical (unpaired) electrons. The van der Waals surface area contributed by atoms with Gasteiger partial charge in [0.1, 0.15) is 36.0 Å². The minimum Gasteiger partial charge on any atom is -0.489 e. The Kier molecular flexibility index (Phi) is 7.45. The summed E-state index contributed by atoms with van der Waals surface area (Å²) < 4.78 is 38.4. The molecule has 38 heavy (non-hydrogen) atoms. The summed E-state index contributed by atoms with van der Waals surface area (Å²) in [7, 11) is 0. The molecule has 4 aromatic carbocycles. The fourth-order valence-electron chi connectivity index (χ4n) is 4.48. The third-order valence-corrected chi connectivity index (χ3v) is 6.47. The Morgan fingerprint density at radius 3 is 2.08 bits per heavy atom. The number of ether oxygens (including phenoxy) is 2. The van der Waals surface area contributed by atoms with E-state index in [-0.39, 0.29) is 12.2 Å². The van der Waals surface area contributed by atoms with Crippen molar-refractivity contribution in [1.82, 2.24) is 0 Å². The molecule has 3 atom stereocenters. The molecule has 1 unspecified atom stereocenters. The molecule has 0 amide bonds. The minimum atomic E-state index is -1.13. The van der Waals surface area contributed by atoms with Crippen molar-refractivity contribution in [3.05, 3.63) is 131 Å². The summed E-state index contributed by atoms with van der Waals surface area (Å²) in [6, 6.07) is 27.3. The Labute approximate surface area is 219 Å². The van der Waals surface area contributed by atoms with Gasteiger partial charge >= 0.3 is 5.97 Å². The fourth-order valence-corrected chi connectivity index (χ4v) is 4.48. The van der Waals surface area contributed by atoms with Crippen LogP contribution >= 0.6 is 0 Å². The minimum absolute atomic E-state index is 0.0398. The summed E-state index contributed by atoms with van der Waals surface area (Å²) in [4.78, 5) is 26.5. The molecule has 1 N–H and O–H groups in total. The standard InChI is InChI=1S/C31H25F2NO4/c32-23-10-6-21(7-11-23)28-18-27(35)29(31(36)38-28)30(34-25-14-12-24(33)13-15-25)22-8-16-26(17-9-22)37-19-20-4-2-1-3-5-20/h1-17,28-30,34H,18-19H2/t28-,29-,30?/m1/s1. The Balaban J connectivity index is 1.38. The number of esters is 1. The van der Waals surface area contributed by atoms with Crippen LogP contribution in [-0.2, 0) is 20.9 Å².